The van der Waals surface area contributed by atoms with Crippen molar-refractivity contribution in [3.63, 3.8) is 0 Å². The van der Waals surface area contributed by atoms with Crippen LogP contribution in [0.5, 0.6) is 0 Å². The van der Waals surface area contributed by atoms with Crippen LogP contribution in [0.4, 0.5) is 0 Å². The number of hydrogen-bond donors (Lipinski definition) is 1. The summed E-state index contributed by atoms with van der Waals surface area (Å²) in [6.45, 7) is 9.90. The Bertz CT molecular complexity index is 349. The Hall–Kier alpha value is -0.380. The van der Waals surface area contributed by atoms with Crippen LogP contribution < -0.4 is 5.32 Å². The molecule has 1 aromatic heterocycles. The van der Waals surface area contributed by atoms with Crippen molar-refractivity contribution in [2.45, 2.75) is 51.9 Å². The van der Waals surface area contributed by atoms with E-state index < -0.39 is 0 Å². The van der Waals surface area contributed by atoms with Gasteiger partial charge in [-0.2, -0.15) is 0 Å². The number of rotatable bonds is 3. The van der Waals surface area contributed by atoms with Gasteiger partial charge in [0.05, 0.1) is 5.60 Å². The number of nitrogens with one attached hydrogen (secondary N) is 1. The van der Waals surface area contributed by atoms with Gasteiger partial charge in [0.1, 0.15) is 6.10 Å². The zero-order chi connectivity index (χ0) is 12.5. The molecular weight excluding hydrogens is 230 g/mol. The van der Waals surface area contributed by atoms with Gasteiger partial charge in [-0.15, -0.1) is 11.3 Å². The van der Waals surface area contributed by atoms with Gasteiger partial charge in [0.15, 0.2) is 0 Å². The van der Waals surface area contributed by atoms with Crippen molar-refractivity contribution < 1.29 is 4.74 Å². The van der Waals surface area contributed by atoms with Crippen molar-refractivity contribution in [1.82, 2.24) is 5.32 Å². The summed E-state index contributed by atoms with van der Waals surface area (Å²) in [6.07, 6.45) is 1.31. The van der Waals surface area contributed by atoms with E-state index >= 15 is 0 Å². The number of morpholine rings is 1. The predicted molar refractivity (Wildman–Crippen MR) is 73.5 cm³/mol. The van der Waals surface area contributed by atoms with Gasteiger partial charge in [-0.1, -0.05) is 19.9 Å². The van der Waals surface area contributed by atoms with Gasteiger partial charge < -0.3 is 10.1 Å². The molecule has 0 aliphatic carbocycles. The van der Waals surface area contributed by atoms with Crippen LogP contribution in [-0.4, -0.2) is 18.2 Å². The fourth-order valence-corrected chi connectivity index (χ4v) is 3.53. The largest absolute Gasteiger partial charge is 0.364 e. The maximum absolute atomic E-state index is 6.39. The molecule has 96 valence electrons. The predicted octanol–water partition coefficient (Wildman–Crippen LogP) is 3.60. The van der Waals surface area contributed by atoms with E-state index in [1.54, 1.807) is 11.3 Å². The van der Waals surface area contributed by atoms with Crippen molar-refractivity contribution in [1.29, 1.82) is 0 Å². The molecule has 1 aromatic rings. The molecule has 2 rings (SSSR count). The van der Waals surface area contributed by atoms with Gasteiger partial charge in [0.25, 0.3) is 0 Å². The van der Waals surface area contributed by atoms with Gasteiger partial charge in [0.2, 0.25) is 0 Å². The second-order valence-electron chi connectivity index (χ2n) is 5.77. The van der Waals surface area contributed by atoms with E-state index in [2.05, 4.69) is 50.5 Å². The van der Waals surface area contributed by atoms with Crippen molar-refractivity contribution in [3.05, 3.63) is 22.4 Å². The number of hydrogen-bond acceptors (Lipinski definition) is 3. The van der Waals surface area contributed by atoms with Gasteiger partial charge in [-0.25, -0.2) is 0 Å². The van der Waals surface area contributed by atoms with Crippen LogP contribution >= 0.6 is 11.3 Å². The Labute approximate surface area is 108 Å². The fraction of sp³-hybridized carbons (Fsp3) is 0.714. The lowest BCUT2D eigenvalue weighted by Gasteiger charge is -2.43. The third-order valence-corrected chi connectivity index (χ3v) is 4.26. The Morgan fingerprint density at radius 1 is 1.59 bits per heavy atom. The van der Waals surface area contributed by atoms with E-state index in [1.807, 2.05) is 0 Å². The molecule has 0 spiro atoms. The van der Waals surface area contributed by atoms with E-state index in [0.717, 1.165) is 13.0 Å². The standard InChI is InChI=1S/C14H23NOS/c1-10(2)8-14(4)9-15-11(3)13(16-14)12-6-5-7-17-12/h5-7,10-11,13,15H,8-9H2,1-4H3. The highest BCUT2D eigenvalue weighted by Gasteiger charge is 2.37. The molecule has 17 heavy (non-hydrogen) atoms. The first-order chi connectivity index (χ1) is 8.00. The van der Waals surface area contributed by atoms with Crippen LogP contribution in [0.25, 0.3) is 0 Å². The monoisotopic (exact) mass is 253 g/mol. The Morgan fingerprint density at radius 2 is 2.35 bits per heavy atom. The Morgan fingerprint density at radius 3 is 2.94 bits per heavy atom. The zero-order valence-electron chi connectivity index (χ0n) is 11.2. The van der Waals surface area contributed by atoms with E-state index in [0.29, 0.717) is 12.0 Å². The van der Waals surface area contributed by atoms with Crippen LogP contribution in [0.3, 0.4) is 0 Å². The van der Waals surface area contributed by atoms with Gasteiger partial charge >= 0.3 is 0 Å². The van der Waals surface area contributed by atoms with E-state index in [-0.39, 0.29) is 11.7 Å². The first-order valence-electron chi connectivity index (χ1n) is 6.45. The molecule has 1 saturated heterocycles. The SMILES string of the molecule is CC(C)CC1(C)CNC(C)C(c2cccs2)O1. The number of ether oxygens (including phenoxy) is 1. The normalized spacial score (nSPS) is 34.2. The van der Waals surface area contributed by atoms with Crippen LogP contribution in [-0.2, 0) is 4.74 Å². The van der Waals surface area contributed by atoms with Crippen molar-refractivity contribution in [3.8, 4) is 0 Å². The molecule has 1 aliphatic heterocycles. The minimum absolute atomic E-state index is 0.0324. The molecule has 0 aromatic carbocycles. The van der Waals surface area contributed by atoms with Crippen molar-refractivity contribution in [2.75, 3.05) is 6.54 Å². The Kier molecular flexibility index (Phi) is 3.91. The molecular formula is C14H23NOS. The lowest BCUT2D eigenvalue weighted by Crippen LogP contribution is -2.53. The highest BCUT2D eigenvalue weighted by Crippen LogP contribution is 2.36. The smallest absolute Gasteiger partial charge is 0.107 e. The minimum atomic E-state index is -0.0324. The first kappa shape index (κ1) is 13.1. The van der Waals surface area contributed by atoms with Gasteiger partial charge in [0, 0.05) is 17.5 Å². The molecule has 1 N–H and O–H groups in total. The lowest BCUT2D eigenvalue weighted by atomic mass is 9.91. The molecule has 0 saturated carbocycles. The van der Waals surface area contributed by atoms with Crippen molar-refractivity contribution >= 4 is 11.3 Å². The zero-order valence-corrected chi connectivity index (χ0v) is 12.0. The molecule has 0 radical (unpaired) electrons. The fourth-order valence-electron chi connectivity index (χ4n) is 2.68. The molecule has 0 bridgehead atoms. The third kappa shape index (κ3) is 3.09. The summed E-state index contributed by atoms with van der Waals surface area (Å²) in [5.74, 6) is 0.666. The molecule has 3 atom stereocenters. The van der Waals surface area contributed by atoms with Crippen LogP contribution in [0.15, 0.2) is 17.5 Å². The summed E-state index contributed by atoms with van der Waals surface area (Å²) in [4.78, 5) is 1.33. The summed E-state index contributed by atoms with van der Waals surface area (Å²) in [5.41, 5.74) is -0.0324. The molecule has 0 amide bonds. The summed E-state index contributed by atoms with van der Waals surface area (Å²) in [5, 5.41) is 5.72. The van der Waals surface area contributed by atoms with Crippen LogP contribution in [0.1, 0.15) is 45.1 Å². The molecule has 2 heterocycles. The van der Waals surface area contributed by atoms with Gasteiger partial charge in [-0.3, -0.25) is 0 Å². The molecule has 3 heteroatoms. The highest BCUT2D eigenvalue weighted by molar-refractivity contribution is 7.10. The summed E-state index contributed by atoms with van der Waals surface area (Å²) in [6, 6.07) is 4.67. The van der Waals surface area contributed by atoms with Gasteiger partial charge in [-0.05, 0) is 37.6 Å². The quantitative estimate of drug-likeness (QED) is 0.888. The summed E-state index contributed by atoms with van der Waals surface area (Å²) >= 11 is 1.79. The maximum atomic E-state index is 6.39. The molecule has 1 fully saturated rings. The second kappa shape index (κ2) is 5.09. The average Bonchev–Trinajstić information content (AvgIpc) is 2.74. The molecule has 3 unspecified atom stereocenters. The van der Waals surface area contributed by atoms with E-state index in [1.165, 1.54) is 4.88 Å². The van der Waals surface area contributed by atoms with E-state index in [9.17, 15) is 0 Å². The highest BCUT2D eigenvalue weighted by atomic mass is 32.1. The topological polar surface area (TPSA) is 21.3 Å². The second-order valence-corrected chi connectivity index (χ2v) is 6.75. The first-order valence-corrected chi connectivity index (χ1v) is 7.33. The number of thiophene rings is 1. The third-order valence-electron chi connectivity index (χ3n) is 3.33. The summed E-state index contributed by atoms with van der Waals surface area (Å²) in [7, 11) is 0. The molecule has 1 aliphatic rings. The minimum Gasteiger partial charge on any atom is -0.364 e. The van der Waals surface area contributed by atoms with Crippen molar-refractivity contribution in [2.24, 2.45) is 5.92 Å². The van der Waals surface area contributed by atoms with Crippen LogP contribution in [0.2, 0.25) is 0 Å². The Balaban J connectivity index is 2.11. The lowest BCUT2D eigenvalue weighted by molar-refractivity contribution is -0.132. The molecule has 2 nitrogen and oxygen atoms in total. The average molecular weight is 253 g/mol. The van der Waals surface area contributed by atoms with Crippen LogP contribution in [0, 0.1) is 5.92 Å². The summed E-state index contributed by atoms with van der Waals surface area (Å²) < 4.78 is 6.39. The van der Waals surface area contributed by atoms with E-state index in [4.69, 9.17) is 4.74 Å². The maximum Gasteiger partial charge on any atom is 0.107 e.